The van der Waals surface area contributed by atoms with Crippen LogP contribution >= 0.6 is 0 Å². The third-order valence-corrected chi connectivity index (χ3v) is 6.09. The number of aromatic nitrogens is 1. The first kappa shape index (κ1) is 20.3. The Balaban J connectivity index is 1.59. The molecular weight excluding hydrogens is 362 g/mol. The average molecular weight is 398 g/mol. The molecule has 4 rings (SSSR count). The third-order valence-electron chi connectivity index (χ3n) is 6.09. The monoisotopic (exact) mass is 397 g/mol. The van der Waals surface area contributed by atoms with Crippen LogP contribution in [0.5, 0.6) is 11.5 Å². The van der Waals surface area contributed by atoms with Crippen LogP contribution in [0.25, 0.3) is 10.9 Å². The molecule has 1 aliphatic carbocycles. The molecule has 2 aliphatic rings. The van der Waals surface area contributed by atoms with Crippen molar-refractivity contribution < 1.29 is 9.47 Å². The van der Waals surface area contributed by atoms with E-state index in [1.807, 2.05) is 0 Å². The Labute approximate surface area is 174 Å². The molecule has 1 saturated heterocycles. The van der Waals surface area contributed by atoms with Gasteiger partial charge in [0.1, 0.15) is 5.82 Å². The molecule has 0 radical (unpaired) electrons. The highest BCUT2D eigenvalue weighted by molar-refractivity contribution is 5.89. The fraction of sp³-hybridized carbons (Fsp3) is 0.625. The lowest BCUT2D eigenvalue weighted by Gasteiger charge is -2.18. The van der Waals surface area contributed by atoms with E-state index < -0.39 is 0 Å². The number of pyridine rings is 1. The highest BCUT2D eigenvalue weighted by Gasteiger charge is 2.26. The third kappa shape index (κ3) is 4.45. The summed E-state index contributed by atoms with van der Waals surface area (Å²) < 4.78 is 11.8. The van der Waals surface area contributed by atoms with Crippen molar-refractivity contribution in [3.63, 3.8) is 0 Å². The molecule has 1 fully saturated rings. The number of nitrogens with zero attached hydrogens (tertiary/aromatic N) is 2. The number of rotatable bonds is 8. The predicted octanol–water partition coefficient (Wildman–Crippen LogP) is 4.66. The summed E-state index contributed by atoms with van der Waals surface area (Å²) >= 11 is 0. The number of fused-ring (bicyclic) bond motifs is 3. The van der Waals surface area contributed by atoms with E-state index in [0.29, 0.717) is 18.6 Å². The zero-order valence-electron chi connectivity index (χ0n) is 18.4. The van der Waals surface area contributed by atoms with Crippen molar-refractivity contribution >= 4 is 16.7 Å². The summed E-state index contributed by atoms with van der Waals surface area (Å²) in [5.74, 6) is 3.30. The largest absolute Gasteiger partial charge is 0.493 e. The van der Waals surface area contributed by atoms with Crippen molar-refractivity contribution in [2.45, 2.75) is 58.9 Å². The van der Waals surface area contributed by atoms with Gasteiger partial charge in [0, 0.05) is 24.0 Å². The minimum atomic E-state index is 0.361. The summed E-state index contributed by atoms with van der Waals surface area (Å²) in [6, 6.07) is 4.56. The van der Waals surface area contributed by atoms with Gasteiger partial charge in [-0.25, -0.2) is 4.98 Å². The zero-order valence-corrected chi connectivity index (χ0v) is 18.4. The lowest BCUT2D eigenvalue weighted by molar-refractivity contribution is 0.254. The van der Waals surface area contributed by atoms with Crippen molar-refractivity contribution in [2.75, 3.05) is 38.7 Å². The average Bonchev–Trinajstić information content (AvgIpc) is 3.34. The summed E-state index contributed by atoms with van der Waals surface area (Å²) in [4.78, 5) is 7.52. The molecular formula is C24H35N3O2. The van der Waals surface area contributed by atoms with Crippen LogP contribution < -0.4 is 14.8 Å². The molecule has 0 spiro atoms. The SMILES string of the molecule is COc1cc2c3c(c(NC(C)C)nc2cc1OCCCN1CCCC1)CC(C)C3. The summed E-state index contributed by atoms with van der Waals surface area (Å²) in [6.45, 7) is 10.9. The van der Waals surface area contributed by atoms with Crippen LogP contribution in [0.3, 0.4) is 0 Å². The first-order chi connectivity index (χ1) is 14.0. The van der Waals surface area contributed by atoms with Gasteiger partial charge in [0.05, 0.1) is 19.2 Å². The standard InChI is InChI=1S/C24H35N3O2/c1-16(2)25-24-20-13-17(3)12-18(20)19-14-22(28-4)23(15-21(19)26-24)29-11-7-10-27-8-5-6-9-27/h14-17H,5-13H2,1-4H3,(H,25,26). The first-order valence-electron chi connectivity index (χ1n) is 11.2. The quantitative estimate of drug-likeness (QED) is 0.656. The number of nitrogens with one attached hydrogen (secondary N) is 1. The molecule has 1 aliphatic heterocycles. The van der Waals surface area contributed by atoms with Crippen LogP contribution in [0.2, 0.25) is 0 Å². The van der Waals surface area contributed by atoms with Crippen molar-refractivity contribution in [2.24, 2.45) is 5.92 Å². The van der Waals surface area contributed by atoms with Gasteiger partial charge in [-0.2, -0.15) is 0 Å². The number of likely N-dealkylation sites (tertiary alicyclic amines) is 1. The van der Waals surface area contributed by atoms with Crippen LogP contribution in [-0.2, 0) is 12.8 Å². The maximum absolute atomic E-state index is 6.15. The van der Waals surface area contributed by atoms with Gasteiger partial charge in [0.2, 0.25) is 0 Å². The van der Waals surface area contributed by atoms with Crippen LogP contribution in [0.4, 0.5) is 5.82 Å². The molecule has 0 bridgehead atoms. The van der Waals surface area contributed by atoms with E-state index in [2.05, 4.69) is 43.1 Å². The second-order valence-electron chi connectivity index (χ2n) is 9.00. The van der Waals surface area contributed by atoms with Gasteiger partial charge in [-0.05, 0) is 82.2 Å². The minimum Gasteiger partial charge on any atom is -0.493 e. The molecule has 158 valence electrons. The van der Waals surface area contributed by atoms with Crippen LogP contribution in [-0.4, -0.2) is 49.3 Å². The van der Waals surface area contributed by atoms with Gasteiger partial charge < -0.3 is 19.7 Å². The molecule has 1 N–H and O–H groups in total. The van der Waals surface area contributed by atoms with E-state index in [4.69, 9.17) is 14.5 Å². The van der Waals surface area contributed by atoms with Crippen LogP contribution in [0, 0.1) is 5.92 Å². The number of methoxy groups -OCH3 is 1. The highest BCUT2D eigenvalue weighted by Crippen LogP contribution is 2.40. The second kappa shape index (κ2) is 8.78. The van der Waals surface area contributed by atoms with E-state index >= 15 is 0 Å². The summed E-state index contributed by atoms with van der Waals surface area (Å²) in [5.41, 5.74) is 3.79. The van der Waals surface area contributed by atoms with Gasteiger partial charge in [-0.1, -0.05) is 6.92 Å². The first-order valence-corrected chi connectivity index (χ1v) is 11.2. The lowest BCUT2D eigenvalue weighted by Crippen LogP contribution is -2.21. The number of hydrogen-bond donors (Lipinski definition) is 1. The molecule has 1 aromatic heterocycles. The normalized spacial score (nSPS) is 19.1. The van der Waals surface area contributed by atoms with E-state index in [9.17, 15) is 0 Å². The van der Waals surface area contributed by atoms with Gasteiger partial charge in [0.15, 0.2) is 11.5 Å². The van der Waals surface area contributed by atoms with Gasteiger partial charge in [-0.15, -0.1) is 0 Å². The Bertz CT molecular complexity index is 859. The van der Waals surface area contributed by atoms with Crippen LogP contribution in [0.1, 0.15) is 51.2 Å². The van der Waals surface area contributed by atoms with Crippen LogP contribution in [0.15, 0.2) is 12.1 Å². The predicted molar refractivity (Wildman–Crippen MR) is 119 cm³/mol. The van der Waals surface area contributed by atoms with Gasteiger partial charge >= 0.3 is 0 Å². The maximum atomic E-state index is 6.15. The molecule has 29 heavy (non-hydrogen) atoms. The number of anilines is 1. The number of benzene rings is 1. The Morgan fingerprint density at radius 2 is 1.90 bits per heavy atom. The topological polar surface area (TPSA) is 46.6 Å². The minimum absolute atomic E-state index is 0.361. The van der Waals surface area contributed by atoms with E-state index in [1.165, 1.54) is 42.4 Å². The van der Waals surface area contributed by atoms with Crippen molar-refractivity contribution in [3.05, 3.63) is 23.3 Å². The highest BCUT2D eigenvalue weighted by atomic mass is 16.5. The molecule has 5 nitrogen and oxygen atoms in total. The molecule has 0 saturated carbocycles. The van der Waals surface area contributed by atoms with Gasteiger partial charge in [-0.3, -0.25) is 0 Å². The lowest BCUT2D eigenvalue weighted by atomic mass is 10.0. The summed E-state index contributed by atoms with van der Waals surface area (Å²) in [5, 5.41) is 4.77. The van der Waals surface area contributed by atoms with Gasteiger partial charge in [0.25, 0.3) is 0 Å². The molecule has 1 aromatic carbocycles. The fourth-order valence-corrected chi connectivity index (χ4v) is 4.74. The van der Waals surface area contributed by atoms with E-state index in [-0.39, 0.29) is 0 Å². The number of ether oxygens (including phenoxy) is 2. The Morgan fingerprint density at radius 1 is 1.14 bits per heavy atom. The summed E-state index contributed by atoms with van der Waals surface area (Å²) in [6.07, 6.45) is 5.89. The van der Waals surface area contributed by atoms with Crippen molar-refractivity contribution in [1.82, 2.24) is 9.88 Å². The Kier molecular flexibility index (Phi) is 6.14. The Morgan fingerprint density at radius 3 is 2.62 bits per heavy atom. The number of hydrogen-bond acceptors (Lipinski definition) is 5. The second-order valence-corrected chi connectivity index (χ2v) is 9.00. The molecule has 1 unspecified atom stereocenters. The Hall–Kier alpha value is -2.01. The molecule has 1 atom stereocenters. The smallest absolute Gasteiger partial charge is 0.163 e. The van der Waals surface area contributed by atoms with Crippen molar-refractivity contribution in [3.8, 4) is 11.5 Å². The summed E-state index contributed by atoms with van der Waals surface area (Å²) in [7, 11) is 1.73. The van der Waals surface area contributed by atoms with E-state index in [1.54, 1.807) is 7.11 Å². The fourth-order valence-electron chi connectivity index (χ4n) is 4.74. The molecule has 5 heteroatoms. The molecule has 0 amide bonds. The molecule has 2 aromatic rings. The maximum Gasteiger partial charge on any atom is 0.163 e. The zero-order chi connectivity index (χ0) is 20.4. The van der Waals surface area contributed by atoms with E-state index in [0.717, 1.165) is 48.6 Å². The van der Waals surface area contributed by atoms with Crippen molar-refractivity contribution in [1.29, 1.82) is 0 Å². The molecule has 2 heterocycles.